The second kappa shape index (κ2) is 8.88. The smallest absolute Gasteiger partial charge is 0.281 e. The van der Waals surface area contributed by atoms with Crippen LogP contribution in [0.5, 0.6) is 0 Å². The van der Waals surface area contributed by atoms with Crippen LogP contribution >= 0.6 is 11.6 Å². The molecule has 2 fully saturated rings. The molecule has 0 N–H and O–H groups in total. The van der Waals surface area contributed by atoms with Gasteiger partial charge in [0.1, 0.15) is 23.5 Å². The number of amides is 2. The Morgan fingerprint density at radius 1 is 0.838 bits per heavy atom. The minimum atomic E-state index is -1.06. The highest BCUT2D eigenvalue weighted by Gasteiger charge is 2.61. The van der Waals surface area contributed by atoms with Crippen LogP contribution in [-0.2, 0) is 14.4 Å². The number of halogens is 1. The van der Waals surface area contributed by atoms with Crippen molar-refractivity contribution >= 4 is 40.5 Å². The summed E-state index contributed by atoms with van der Waals surface area (Å²) in [6.45, 7) is 0. The van der Waals surface area contributed by atoms with E-state index in [4.69, 9.17) is 20.9 Å². The fraction of sp³-hybridized carbons (Fsp3) is 0.111. The molecule has 0 bridgehead atoms. The molecule has 0 spiro atoms. The number of carbonyl (C=O) groups excluding carboxylic acids is 2. The van der Waals surface area contributed by atoms with Crippen LogP contribution in [0.15, 0.2) is 95.4 Å². The zero-order valence-electron chi connectivity index (χ0n) is 19.1. The summed E-state index contributed by atoms with van der Waals surface area (Å²) in [6, 6.07) is 24.5. The number of rotatable bonds is 5. The molecule has 0 saturated carbocycles. The molecule has 0 unspecified atom stereocenters. The van der Waals surface area contributed by atoms with Gasteiger partial charge in [0.25, 0.3) is 11.6 Å². The molecule has 6 rings (SSSR count). The van der Waals surface area contributed by atoms with E-state index in [9.17, 15) is 19.7 Å². The molecular weight excluding hydrogens is 498 g/mol. The lowest BCUT2D eigenvalue weighted by atomic mass is 9.94. The van der Waals surface area contributed by atoms with Gasteiger partial charge in [0.2, 0.25) is 5.91 Å². The molecule has 3 atom stereocenters. The van der Waals surface area contributed by atoms with Gasteiger partial charge in [-0.15, -0.1) is 0 Å². The molecular formula is C27H18ClN3O6. The lowest BCUT2D eigenvalue weighted by Gasteiger charge is -2.27. The Balaban J connectivity index is 1.44. The van der Waals surface area contributed by atoms with Crippen LogP contribution in [0.4, 0.5) is 17.1 Å². The van der Waals surface area contributed by atoms with Gasteiger partial charge in [-0.25, -0.2) is 9.96 Å². The largest absolute Gasteiger partial charge is 0.458 e. The number of hydroxylamine groups is 1. The highest BCUT2D eigenvalue weighted by Crippen LogP contribution is 2.48. The molecule has 2 aliphatic heterocycles. The van der Waals surface area contributed by atoms with Crippen molar-refractivity contribution in [2.75, 3.05) is 9.96 Å². The van der Waals surface area contributed by atoms with Crippen LogP contribution in [0.25, 0.3) is 11.3 Å². The Bertz CT molecular complexity index is 1520. The molecule has 184 valence electrons. The zero-order valence-corrected chi connectivity index (χ0v) is 19.8. The molecule has 3 aromatic carbocycles. The first-order valence-electron chi connectivity index (χ1n) is 11.4. The predicted molar refractivity (Wildman–Crippen MR) is 135 cm³/mol. The number of hydrogen-bond acceptors (Lipinski definition) is 7. The van der Waals surface area contributed by atoms with E-state index in [0.29, 0.717) is 17.1 Å². The molecule has 2 saturated heterocycles. The standard InChI is InChI=1S/C27H18ClN3O6/c28-16-11-12-19(20(15-16)31(34)35)21-13-14-22(36-21)24-23-25(37-30(24)18-9-5-2-6-10-18)27(33)29(26(23)32)17-7-3-1-4-8-17/h1-15,23-25H/t23-,24+,25-/m1/s1. The van der Waals surface area contributed by atoms with E-state index in [1.54, 1.807) is 54.6 Å². The Kier molecular flexibility index (Phi) is 5.51. The van der Waals surface area contributed by atoms with E-state index in [1.165, 1.54) is 23.3 Å². The quantitative estimate of drug-likeness (QED) is 0.194. The Morgan fingerprint density at radius 3 is 2.19 bits per heavy atom. The van der Waals surface area contributed by atoms with Crippen LogP contribution in [-0.4, -0.2) is 22.8 Å². The molecule has 0 aliphatic carbocycles. The minimum absolute atomic E-state index is 0.212. The first kappa shape index (κ1) is 23.0. The van der Waals surface area contributed by atoms with Gasteiger partial charge in [-0.2, -0.15) is 0 Å². The average Bonchev–Trinajstić information content (AvgIpc) is 3.60. The highest BCUT2D eigenvalue weighted by atomic mass is 35.5. The van der Waals surface area contributed by atoms with Crippen LogP contribution in [0, 0.1) is 16.0 Å². The first-order chi connectivity index (χ1) is 17.9. The number of benzene rings is 3. The summed E-state index contributed by atoms with van der Waals surface area (Å²) >= 11 is 5.97. The topological polar surface area (TPSA) is 106 Å². The van der Waals surface area contributed by atoms with Crippen molar-refractivity contribution in [2.45, 2.75) is 12.1 Å². The van der Waals surface area contributed by atoms with E-state index >= 15 is 0 Å². The summed E-state index contributed by atoms with van der Waals surface area (Å²) in [7, 11) is 0. The van der Waals surface area contributed by atoms with Gasteiger partial charge in [-0.1, -0.05) is 48.0 Å². The van der Waals surface area contributed by atoms with Crippen LogP contribution < -0.4 is 9.96 Å². The number of hydrogen-bond donors (Lipinski definition) is 0. The predicted octanol–water partition coefficient (Wildman–Crippen LogP) is 5.56. The SMILES string of the molecule is O=C1[C@H]2[C@@H](ON(c3ccccc3)[C@H]2c2ccc(-c3ccc(Cl)cc3[N+](=O)[O-])o2)C(=O)N1c1ccccc1. The van der Waals surface area contributed by atoms with Crippen molar-refractivity contribution in [1.29, 1.82) is 0 Å². The minimum Gasteiger partial charge on any atom is -0.458 e. The van der Waals surface area contributed by atoms with Gasteiger partial charge in [0.15, 0.2) is 6.10 Å². The fourth-order valence-corrected chi connectivity index (χ4v) is 5.02. The second-order valence-electron chi connectivity index (χ2n) is 8.63. The Labute approximate surface area is 215 Å². The molecule has 1 aromatic heterocycles. The van der Waals surface area contributed by atoms with Crippen molar-refractivity contribution in [3.63, 3.8) is 0 Å². The van der Waals surface area contributed by atoms with Gasteiger partial charge < -0.3 is 4.42 Å². The number of anilines is 2. The van der Waals surface area contributed by atoms with Gasteiger partial charge >= 0.3 is 0 Å². The maximum absolute atomic E-state index is 13.7. The number of nitro groups is 1. The van der Waals surface area contributed by atoms with E-state index in [-0.39, 0.29) is 22.0 Å². The lowest BCUT2D eigenvalue weighted by molar-refractivity contribution is -0.384. The van der Waals surface area contributed by atoms with Crippen LogP contribution in [0.3, 0.4) is 0 Å². The van der Waals surface area contributed by atoms with Crippen LogP contribution in [0.2, 0.25) is 5.02 Å². The Hall–Kier alpha value is -4.47. The van der Waals surface area contributed by atoms with Gasteiger partial charge in [0.05, 0.1) is 21.9 Å². The summed E-state index contributed by atoms with van der Waals surface area (Å²) in [5, 5.41) is 13.4. The molecule has 2 aliphatic rings. The Morgan fingerprint density at radius 2 is 1.51 bits per heavy atom. The van der Waals surface area contributed by atoms with E-state index in [0.717, 1.165) is 4.90 Å². The van der Waals surface area contributed by atoms with E-state index < -0.39 is 34.8 Å². The summed E-state index contributed by atoms with van der Waals surface area (Å²) in [5.41, 5.74) is 1.11. The summed E-state index contributed by atoms with van der Waals surface area (Å²) in [6.07, 6.45) is -1.06. The van der Waals surface area contributed by atoms with Crippen molar-refractivity contribution in [2.24, 2.45) is 5.92 Å². The third-order valence-electron chi connectivity index (χ3n) is 6.48. The third kappa shape index (κ3) is 3.76. The average molecular weight is 516 g/mol. The molecule has 4 aromatic rings. The monoisotopic (exact) mass is 515 g/mol. The number of fused-ring (bicyclic) bond motifs is 1. The van der Waals surface area contributed by atoms with Crippen molar-refractivity contribution < 1.29 is 23.8 Å². The highest BCUT2D eigenvalue weighted by molar-refractivity contribution is 6.31. The lowest BCUT2D eigenvalue weighted by Crippen LogP contribution is -2.37. The number of nitro benzene ring substituents is 1. The first-order valence-corrected chi connectivity index (χ1v) is 11.8. The summed E-state index contributed by atoms with van der Waals surface area (Å²) in [5.74, 6) is -1.23. The molecule has 10 heteroatoms. The fourth-order valence-electron chi connectivity index (χ4n) is 4.85. The number of carbonyl (C=O) groups is 2. The van der Waals surface area contributed by atoms with E-state index in [2.05, 4.69) is 0 Å². The molecule has 9 nitrogen and oxygen atoms in total. The van der Waals surface area contributed by atoms with E-state index in [1.807, 2.05) is 18.2 Å². The number of para-hydroxylation sites is 2. The molecule has 3 heterocycles. The summed E-state index contributed by atoms with van der Waals surface area (Å²) < 4.78 is 6.12. The summed E-state index contributed by atoms with van der Waals surface area (Å²) in [4.78, 5) is 45.4. The van der Waals surface area contributed by atoms with Crippen molar-refractivity contribution in [1.82, 2.24) is 0 Å². The van der Waals surface area contributed by atoms with Gasteiger partial charge in [-0.05, 0) is 48.5 Å². The molecule has 37 heavy (non-hydrogen) atoms. The third-order valence-corrected chi connectivity index (χ3v) is 6.72. The zero-order chi connectivity index (χ0) is 25.7. The van der Waals surface area contributed by atoms with Gasteiger partial charge in [0, 0.05) is 11.1 Å². The number of furan rings is 1. The maximum atomic E-state index is 13.7. The number of imide groups is 1. The van der Waals surface area contributed by atoms with Gasteiger partial charge in [-0.3, -0.25) is 24.5 Å². The van der Waals surface area contributed by atoms with Crippen molar-refractivity contribution in [3.05, 3.63) is 112 Å². The maximum Gasteiger partial charge on any atom is 0.281 e. The molecule has 2 amide bonds. The normalized spacial score (nSPS) is 20.9. The number of nitrogens with zero attached hydrogens (tertiary/aromatic N) is 3. The molecule has 0 radical (unpaired) electrons. The van der Waals surface area contributed by atoms with Crippen molar-refractivity contribution in [3.8, 4) is 11.3 Å². The van der Waals surface area contributed by atoms with Crippen LogP contribution in [0.1, 0.15) is 11.8 Å². The second-order valence-corrected chi connectivity index (χ2v) is 9.06.